The Bertz CT molecular complexity index is 1510. The maximum absolute atomic E-state index is 13.4. The highest BCUT2D eigenvalue weighted by molar-refractivity contribution is 9.10. The zero-order chi connectivity index (χ0) is 26.8. The number of hydrogen-bond acceptors (Lipinski definition) is 9. The third-order valence-electron chi connectivity index (χ3n) is 6.13. The monoisotopic (exact) mass is 583 g/mol. The first-order valence-electron chi connectivity index (χ1n) is 11.6. The molecule has 0 saturated carbocycles. The second-order valence-corrected chi connectivity index (χ2v) is 9.54. The number of carbonyl (C=O) groups is 1. The summed E-state index contributed by atoms with van der Waals surface area (Å²) in [6.45, 7) is 2.52. The van der Waals surface area contributed by atoms with E-state index in [1.54, 1.807) is 12.1 Å². The van der Waals surface area contributed by atoms with Crippen LogP contribution in [-0.4, -0.2) is 73.4 Å². The van der Waals surface area contributed by atoms with Crippen molar-refractivity contribution in [2.45, 2.75) is 13.0 Å². The molecule has 0 bridgehead atoms. The number of carboxylic acid groups (broad SMARTS) is 1. The van der Waals surface area contributed by atoms with E-state index in [4.69, 9.17) is 9.72 Å². The highest BCUT2D eigenvalue weighted by Gasteiger charge is 2.31. The number of aryl methyl sites for hydroxylation is 1. The van der Waals surface area contributed by atoms with Crippen LogP contribution in [0.2, 0.25) is 0 Å². The zero-order valence-electron chi connectivity index (χ0n) is 20.2. The summed E-state index contributed by atoms with van der Waals surface area (Å²) in [6.07, 6.45) is 2.92. The second kappa shape index (κ2) is 10.7. The molecule has 3 N–H and O–H groups in total. The summed E-state index contributed by atoms with van der Waals surface area (Å²) < 4.78 is 19.9. The van der Waals surface area contributed by atoms with Gasteiger partial charge in [0.2, 0.25) is 0 Å². The van der Waals surface area contributed by atoms with Gasteiger partial charge in [-0.05, 0) is 52.7 Å². The lowest BCUT2D eigenvalue weighted by atomic mass is 10.2. The van der Waals surface area contributed by atoms with Gasteiger partial charge in [-0.3, -0.25) is 9.88 Å². The summed E-state index contributed by atoms with van der Waals surface area (Å²) in [5.41, 5.74) is 2.67. The van der Waals surface area contributed by atoms with Crippen LogP contribution in [-0.2, 0) is 0 Å². The molecule has 11 nitrogen and oxygen atoms in total. The van der Waals surface area contributed by atoms with Crippen LogP contribution >= 0.6 is 15.9 Å². The Morgan fingerprint density at radius 1 is 1.24 bits per heavy atom. The average Bonchev–Trinajstić information content (AvgIpc) is 2.89. The van der Waals surface area contributed by atoms with E-state index in [1.165, 1.54) is 23.5 Å². The summed E-state index contributed by atoms with van der Waals surface area (Å²) in [5.74, 6) is 1.45. The molecule has 1 aliphatic rings. The molecule has 196 valence electrons. The maximum atomic E-state index is 13.4. The lowest BCUT2D eigenvalue weighted by molar-refractivity contribution is 0.0909. The number of nitrogens with one attached hydrogen (secondary N) is 1. The standard InChI is InChI=1S/C25H23BrFN7O4/c1-14-6-16(2-3-21(14)38-18-7-15(27)9-28-10-18)31-23-22-20(29-13-30-23)8-19(26)24(32-22)33-4-5-34(25(36)37)17(11-33)12-35/h2-3,6-10,13,17,35H,4-5,11-12H2,1H3,(H,36,37)(H,29,30,31). The number of halogens is 2. The number of nitrogens with zero attached hydrogens (tertiary/aromatic N) is 6. The van der Waals surface area contributed by atoms with Crippen LogP contribution in [0.5, 0.6) is 11.5 Å². The van der Waals surface area contributed by atoms with E-state index in [0.29, 0.717) is 45.2 Å². The fourth-order valence-electron chi connectivity index (χ4n) is 4.27. The highest BCUT2D eigenvalue weighted by Crippen LogP contribution is 2.33. The van der Waals surface area contributed by atoms with E-state index >= 15 is 0 Å². The first kappa shape index (κ1) is 25.5. The number of anilines is 3. The van der Waals surface area contributed by atoms with Crippen molar-refractivity contribution in [3.63, 3.8) is 0 Å². The molecular formula is C25H23BrFN7O4. The van der Waals surface area contributed by atoms with Gasteiger partial charge in [-0.2, -0.15) is 0 Å². The van der Waals surface area contributed by atoms with Gasteiger partial charge in [0.1, 0.15) is 35.0 Å². The minimum Gasteiger partial charge on any atom is -0.465 e. The van der Waals surface area contributed by atoms with Crippen LogP contribution in [0.4, 0.5) is 26.5 Å². The van der Waals surface area contributed by atoms with Crippen molar-refractivity contribution in [3.8, 4) is 11.5 Å². The molecule has 13 heteroatoms. The van der Waals surface area contributed by atoms with Crippen molar-refractivity contribution < 1.29 is 24.1 Å². The van der Waals surface area contributed by atoms with Crippen molar-refractivity contribution >= 4 is 50.4 Å². The molecule has 1 aliphatic heterocycles. The third kappa shape index (κ3) is 5.29. The molecule has 1 aromatic carbocycles. The summed E-state index contributed by atoms with van der Waals surface area (Å²) in [5, 5.41) is 22.4. The number of ether oxygens (including phenoxy) is 1. The Morgan fingerprint density at radius 2 is 2.08 bits per heavy atom. The number of amides is 1. The van der Waals surface area contributed by atoms with Gasteiger partial charge in [-0.25, -0.2) is 24.1 Å². The van der Waals surface area contributed by atoms with E-state index in [9.17, 15) is 19.4 Å². The van der Waals surface area contributed by atoms with Gasteiger partial charge in [0.25, 0.3) is 0 Å². The summed E-state index contributed by atoms with van der Waals surface area (Å²) in [6, 6.07) is 7.96. The predicted molar refractivity (Wildman–Crippen MR) is 142 cm³/mol. The van der Waals surface area contributed by atoms with Gasteiger partial charge in [-0.15, -0.1) is 0 Å². The minimum absolute atomic E-state index is 0.239. The molecule has 1 atom stereocenters. The molecule has 38 heavy (non-hydrogen) atoms. The number of aliphatic hydroxyl groups is 1. The number of fused-ring (bicyclic) bond motifs is 1. The van der Waals surface area contributed by atoms with E-state index in [2.05, 4.69) is 36.2 Å². The Balaban J connectivity index is 1.41. The number of rotatable bonds is 6. The first-order valence-corrected chi connectivity index (χ1v) is 12.4. The molecular weight excluding hydrogens is 561 g/mol. The van der Waals surface area contributed by atoms with E-state index in [1.807, 2.05) is 24.0 Å². The van der Waals surface area contributed by atoms with Gasteiger partial charge in [0.05, 0.1) is 35.0 Å². The number of piperazine rings is 1. The number of pyridine rings is 2. The normalized spacial score (nSPS) is 15.5. The molecule has 4 aromatic rings. The summed E-state index contributed by atoms with van der Waals surface area (Å²) in [4.78, 5) is 32.0. The SMILES string of the molecule is Cc1cc(Nc2ncnc3cc(Br)c(N4CCN(C(=O)O)C(CO)C4)nc23)ccc1Oc1cncc(F)c1. The van der Waals surface area contributed by atoms with Crippen molar-refractivity contribution in [3.05, 3.63) is 64.9 Å². The first-order chi connectivity index (χ1) is 18.3. The third-order valence-corrected chi connectivity index (χ3v) is 6.71. The number of aliphatic hydroxyl groups excluding tert-OH is 1. The van der Waals surface area contributed by atoms with Crippen LogP contribution in [0.1, 0.15) is 5.56 Å². The van der Waals surface area contributed by atoms with Crippen LogP contribution in [0, 0.1) is 12.7 Å². The highest BCUT2D eigenvalue weighted by atomic mass is 79.9. The zero-order valence-corrected chi connectivity index (χ0v) is 21.8. The van der Waals surface area contributed by atoms with Crippen LogP contribution in [0.25, 0.3) is 11.0 Å². The van der Waals surface area contributed by atoms with Crippen molar-refractivity contribution in [1.29, 1.82) is 0 Å². The molecule has 1 amide bonds. The predicted octanol–water partition coefficient (Wildman–Crippen LogP) is 4.33. The number of aromatic nitrogens is 4. The molecule has 4 heterocycles. The quantitative estimate of drug-likeness (QED) is 0.301. The van der Waals surface area contributed by atoms with Crippen LogP contribution in [0.15, 0.2) is 53.5 Å². The van der Waals surface area contributed by atoms with Crippen LogP contribution < -0.4 is 15.0 Å². The molecule has 5 rings (SSSR count). The van der Waals surface area contributed by atoms with Gasteiger partial charge in [-0.1, -0.05) is 0 Å². The summed E-state index contributed by atoms with van der Waals surface area (Å²) in [7, 11) is 0. The lowest BCUT2D eigenvalue weighted by Crippen LogP contribution is -2.56. The van der Waals surface area contributed by atoms with E-state index < -0.39 is 18.0 Å². The number of benzene rings is 1. The fourth-order valence-corrected chi connectivity index (χ4v) is 4.83. The van der Waals surface area contributed by atoms with E-state index in [-0.39, 0.29) is 19.7 Å². The van der Waals surface area contributed by atoms with Crippen molar-refractivity contribution in [2.75, 3.05) is 36.5 Å². The Labute approximate surface area is 225 Å². The Morgan fingerprint density at radius 3 is 2.82 bits per heavy atom. The second-order valence-electron chi connectivity index (χ2n) is 8.69. The Kier molecular flexibility index (Phi) is 7.20. The molecule has 1 unspecified atom stereocenters. The van der Waals surface area contributed by atoms with Crippen LogP contribution in [0.3, 0.4) is 0 Å². The smallest absolute Gasteiger partial charge is 0.407 e. The van der Waals surface area contributed by atoms with Gasteiger partial charge >= 0.3 is 6.09 Å². The molecule has 0 radical (unpaired) electrons. The number of hydrogen-bond donors (Lipinski definition) is 3. The minimum atomic E-state index is -1.06. The largest absolute Gasteiger partial charge is 0.465 e. The molecule has 0 spiro atoms. The Hall–Kier alpha value is -4.10. The molecule has 1 saturated heterocycles. The van der Waals surface area contributed by atoms with Gasteiger partial charge in [0, 0.05) is 31.4 Å². The van der Waals surface area contributed by atoms with E-state index in [0.717, 1.165) is 17.4 Å². The molecule has 1 fully saturated rings. The van der Waals surface area contributed by atoms with Crippen molar-refractivity contribution in [1.82, 2.24) is 24.8 Å². The van der Waals surface area contributed by atoms with Crippen molar-refractivity contribution in [2.24, 2.45) is 0 Å². The fraction of sp³-hybridized carbons (Fsp3) is 0.240. The maximum Gasteiger partial charge on any atom is 0.407 e. The van der Waals surface area contributed by atoms with Gasteiger partial charge in [0.15, 0.2) is 5.82 Å². The summed E-state index contributed by atoms with van der Waals surface area (Å²) >= 11 is 3.56. The van der Waals surface area contributed by atoms with Gasteiger partial charge < -0.3 is 25.2 Å². The average molecular weight is 584 g/mol. The molecule has 0 aliphatic carbocycles. The molecule has 3 aromatic heterocycles. The lowest BCUT2D eigenvalue weighted by Gasteiger charge is -2.40. The topological polar surface area (TPSA) is 137 Å².